The Morgan fingerprint density at radius 1 is 1.04 bits per heavy atom. The molecular weight excluding hydrogens is 356 g/mol. The highest BCUT2D eigenvalue weighted by atomic mass is 16.4. The van der Waals surface area contributed by atoms with E-state index in [0.29, 0.717) is 17.8 Å². The molecule has 1 aliphatic heterocycles. The highest BCUT2D eigenvalue weighted by Gasteiger charge is 2.34. The second-order valence-electron chi connectivity index (χ2n) is 6.92. The van der Waals surface area contributed by atoms with Gasteiger partial charge in [0.2, 0.25) is 0 Å². The van der Waals surface area contributed by atoms with Gasteiger partial charge in [0.25, 0.3) is 5.91 Å². The maximum Gasteiger partial charge on any atom is 0.326 e. The summed E-state index contributed by atoms with van der Waals surface area (Å²) in [6.45, 7) is 3.97. The maximum absolute atomic E-state index is 13.1. The lowest BCUT2D eigenvalue weighted by molar-refractivity contribution is -0.142. The SMILES string of the molecule is Cc1nc(C)n(-c2ccc(C(=O)N3Cc4ccccc4CC3C(=O)O)cc2)n1. The zero-order valence-corrected chi connectivity index (χ0v) is 15.7. The fraction of sp³-hybridized carbons (Fsp3) is 0.238. The number of benzene rings is 2. The van der Waals surface area contributed by atoms with Crippen LogP contribution in [-0.2, 0) is 17.8 Å². The molecule has 7 heteroatoms. The number of hydrogen-bond donors (Lipinski definition) is 1. The summed E-state index contributed by atoms with van der Waals surface area (Å²) in [6.07, 6.45) is 0.312. The molecule has 7 nitrogen and oxygen atoms in total. The van der Waals surface area contributed by atoms with E-state index in [-0.39, 0.29) is 12.5 Å². The fourth-order valence-electron chi connectivity index (χ4n) is 3.63. The van der Waals surface area contributed by atoms with Gasteiger partial charge in [-0.2, -0.15) is 5.10 Å². The Kier molecular flexibility index (Phi) is 4.43. The van der Waals surface area contributed by atoms with Crippen LogP contribution in [0.15, 0.2) is 48.5 Å². The Labute approximate surface area is 162 Å². The van der Waals surface area contributed by atoms with E-state index in [9.17, 15) is 14.7 Å². The Bertz CT molecular complexity index is 1060. The highest BCUT2D eigenvalue weighted by Crippen LogP contribution is 2.25. The normalized spacial score (nSPS) is 15.9. The summed E-state index contributed by atoms with van der Waals surface area (Å²) in [5.74, 6) is 0.150. The van der Waals surface area contributed by atoms with E-state index < -0.39 is 12.0 Å². The van der Waals surface area contributed by atoms with Crippen molar-refractivity contribution in [2.45, 2.75) is 32.9 Å². The molecule has 0 fully saturated rings. The first kappa shape index (κ1) is 17.9. The van der Waals surface area contributed by atoms with Crippen molar-refractivity contribution in [3.05, 3.63) is 76.9 Å². The monoisotopic (exact) mass is 376 g/mol. The van der Waals surface area contributed by atoms with Crippen LogP contribution >= 0.6 is 0 Å². The molecule has 1 amide bonds. The molecule has 0 aliphatic carbocycles. The van der Waals surface area contributed by atoms with Crippen LogP contribution in [0.3, 0.4) is 0 Å². The van der Waals surface area contributed by atoms with Crippen molar-refractivity contribution < 1.29 is 14.7 Å². The summed E-state index contributed by atoms with van der Waals surface area (Å²) in [7, 11) is 0. The van der Waals surface area contributed by atoms with Crippen molar-refractivity contribution in [1.82, 2.24) is 19.7 Å². The zero-order chi connectivity index (χ0) is 19.8. The number of aromatic nitrogens is 3. The van der Waals surface area contributed by atoms with Gasteiger partial charge in [0.15, 0.2) is 0 Å². The summed E-state index contributed by atoms with van der Waals surface area (Å²) < 4.78 is 1.71. The van der Waals surface area contributed by atoms with E-state index >= 15 is 0 Å². The summed E-state index contributed by atoms with van der Waals surface area (Å²) in [4.78, 5) is 30.6. The van der Waals surface area contributed by atoms with Crippen LogP contribution in [-0.4, -0.2) is 42.7 Å². The van der Waals surface area contributed by atoms with Crippen LogP contribution in [0, 0.1) is 13.8 Å². The van der Waals surface area contributed by atoms with Crippen LogP contribution < -0.4 is 0 Å². The number of amides is 1. The zero-order valence-electron chi connectivity index (χ0n) is 15.7. The Morgan fingerprint density at radius 3 is 2.32 bits per heavy atom. The number of fused-ring (bicyclic) bond motifs is 1. The second-order valence-corrected chi connectivity index (χ2v) is 6.92. The van der Waals surface area contributed by atoms with Gasteiger partial charge in [0.1, 0.15) is 17.7 Å². The van der Waals surface area contributed by atoms with E-state index in [0.717, 1.165) is 22.6 Å². The fourth-order valence-corrected chi connectivity index (χ4v) is 3.63. The molecule has 2 heterocycles. The van der Waals surface area contributed by atoms with Gasteiger partial charge in [0.05, 0.1) is 5.69 Å². The molecular formula is C21H20N4O3. The Balaban J connectivity index is 1.63. The van der Waals surface area contributed by atoms with Crippen molar-refractivity contribution in [1.29, 1.82) is 0 Å². The molecule has 0 saturated heterocycles. The van der Waals surface area contributed by atoms with Gasteiger partial charge >= 0.3 is 5.97 Å². The minimum Gasteiger partial charge on any atom is -0.480 e. The molecule has 1 N–H and O–H groups in total. The number of carbonyl (C=O) groups is 2. The second kappa shape index (κ2) is 6.92. The van der Waals surface area contributed by atoms with Gasteiger partial charge in [-0.1, -0.05) is 24.3 Å². The summed E-state index contributed by atoms with van der Waals surface area (Å²) in [5, 5.41) is 14.0. The average Bonchev–Trinajstić information content (AvgIpc) is 3.04. The predicted octanol–water partition coefficient (Wildman–Crippen LogP) is 2.54. The third-order valence-corrected chi connectivity index (χ3v) is 5.03. The molecule has 4 rings (SSSR count). The van der Waals surface area contributed by atoms with Crippen molar-refractivity contribution in [3.8, 4) is 5.69 Å². The third kappa shape index (κ3) is 3.15. The summed E-state index contributed by atoms with van der Waals surface area (Å²) in [5.41, 5.74) is 3.21. The average molecular weight is 376 g/mol. The number of nitrogens with zero attached hydrogens (tertiary/aromatic N) is 4. The van der Waals surface area contributed by atoms with Crippen molar-refractivity contribution in [2.24, 2.45) is 0 Å². The van der Waals surface area contributed by atoms with Crippen molar-refractivity contribution in [3.63, 3.8) is 0 Å². The van der Waals surface area contributed by atoms with Crippen LogP contribution in [0.1, 0.15) is 33.1 Å². The predicted molar refractivity (Wildman–Crippen MR) is 102 cm³/mol. The highest BCUT2D eigenvalue weighted by molar-refractivity contribution is 5.97. The molecule has 142 valence electrons. The van der Waals surface area contributed by atoms with Gasteiger partial charge in [-0.25, -0.2) is 14.5 Å². The molecule has 0 spiro atoms. The molecule has 1 aliphatic rings. The molecule has 1 aromatic heterocycles. The minimum atomic E-state index is -0.992. The Morgan fingerprint density at radius 2 is 1.71 bits per heavy atom. The van der Waals surface area contributed by atoms with E-state index in [4.69, 9.17) is 0 Å². The van der Waals surface area contributed by atoms with E-state index in [1.54, 1.807) is 28.9 Å². The minimum absolute atomic E-state index is 0.287. The van der Waals surface area contributed by atoms with E-state index in [1.807, 2.05) is 38.1 Å². The molecule has 0 saturated carbocycles. The lowest BCUT2D eigenvalue weighted by Crippen LogP contribution is -2.48. The first-order valence-electron chi connectivity index (χ1n) is 9.05. The summed E-state index contributed by atoms with van der Waals surface area (Å²) in [6, 6.07) is 13.8. The number of aryl methyl sites for hydroxylation is 2. The summed E-state index contributed by atoms with van der Waals surface area (Å²) >= 11 is 0. The quantitative estimate of drug-likeness (QED) is 0.759. The largest absolute Gasteiger partial charge is 0.480 e. The first-order valence-corrected chi connectivity index (χ1v) is 9.05. The number of carboxylic acids is 1. The van der Waals surface area contributed by atoms with Crippen LogP contribution in [0.4, 0.5) is 0 Å². The van der Waals surface area contributed by atoms with Gasteiger partial charge in [-0.05, 0) is 49.2 Å². The molecule has 0 radical (unpaired) electrons. The molecule has 1 unspecified atom stereocenters. The Hall–Kier alpha value is -3.48. The van der Waals surface area contributed by atoms with Crippen molar-refractivity contribution >= 4 is 11.9 Å². The molecule has 3 aromatic rings. The number of hydrogen-bond acceptors (Lipinski definition) is 4. The molecule has 1 atom stereocenters. The smallest absolute Gasteiger partial charge is 0.326 e. The number of aliphatic carboxylic acids is 1. The van der Waals surface area contributed by atoms with Gasteiger partial charge in [-0.3, -0.25) is 4.79 Å². The number of rotatable bonds is 3. The van der Waals surface area contributed by atoms with Gasteiger partial charge < -0.3 is 10.0 Å². The van der Waals surface area contributed by atoms with E-state index in [1.165, 1.54) is 4.90 Å². The lowest BCUT2D eigenvalue weighted by atomic mass is 9.93. The van der Waals surface area contributed by atoms with Crippen LogP contribution in [0.2, 0.25) is 0 Å². The lowest BCUT2D eigenvalue weighted by Gasteiger charge is -2.34. The molecule has 28 heavy (non-hydrogen) atoms. The third-order valence-electron chi connectivity index (χ3n) is 5.03. The van der Waals surface area contributed by atoms with Crippen molar-refractivity contribution in [2.75, 3.05) is 0 Å². The molecule has 0 bridgehead atoms. The van der Waals surface area contributed by atoms with Crippen LogP contribution in [0.5, 0.6) is 0 Å². The van der Waals surface area contributed by atoms with Gasteiger partial charge in [0, 0.05) is 18.5 Å². The van der Waals surface area contributed by atoms with E-state index in [2.05, 4.69) is 10.1 Å². The molecule has 2 aromatic carbocycles. The van der Waals surface area contributed by atoms with Gasteiger partial charge in [-0.15, -0.1) is 0 Å². The maximum atomic E-state index is 13.1. The topological polar surface area (TPSA) is 88.3 Å². The number of carbonyl (C=O) groups excluding carboxylic acids is 1. The first-order chi connectivity index (χ1) is 13.4. The van der Waals surface area contributed by atoms with Crippen LogP contribution in [0.25, 0.3) is 5.69 Å². The standard InChI is InChI=1S/C21H20N4O3/c1-13-22-14(2)25(23-13)18-9-7-15(8-10-18)20(26)24-12-17-6-4-3-5-16(17)11-19(24)21(27)28/h3-10,19H,11-12H2,1-2H3,(H,27,28). The number of carboxylic acid groups (broad SMARTS) is 1.